The Hall–Kier alpha value is -1.75. The Morgan fingerprint density at radius 3 is 2.65 bits per heavy atom. The van der Waals surface area contributed by atoms with Crippen molar-refractivity contribution in [1.82, 2.24) is 20.1 Å². The van der Waals surface area contributed by atoms with E-state index in [9.17, 15) is 4.39 Å². The molecule has 2 atom stereocenters. The maximum atomic E-state index is 12.9. The second kappa shape index (κ2) is 5.32. The van der Waals surface area contributed by atoms with Crippen molar-refractivity contribution in [2.24, 2.45) is 0 Å². The molecule has 2 heterocycles. The van der Waals surface area contributed by atoms with Crippen molar-refractivity contribution in [1.29, 1.82) is 0 Å². The fourth-order valence-electron chi connectivity index (χ4n) is 2.79. The third-order valence-electron chi connectivity index (χ3n) is 3.90. The molecule has 1 aliphatic heterocycles. The molecule has 106 valence electrons. The number of hydrogen-bond acceptors (Lipinski definition) is 3. The quantitative estimate of drug-likeness (QED) is 0.932. The minimum atomic E-state index is -0.204. The molecule has 0 spiro atoms. The average Bonchev–Trinajstić information content (AvgIpc) is 3.01. The van der Waals surface area contributed by atoms with Gasteiger partial charge in [0.2, 0.25) is 0 Å². The van der Waals surface area contributed by atoms with Gasteiger partial charge in [-0.15, -0.1) is 10.2 Å². The molecule has 5 heteroatoms. The number of aryl methyl sites for hydroxylation is 1. The Balaban J connectivity index is 1.72. The van der Waals surface area contributed by atoms with Crippen LogP contribution in [0.25, 0.3) is 0 Å². The van der Waals surface area contributed by atoms with Gasteiger partial charge in [0.15, 0.2) is 0 Å². The van der Waals surface area contributed by atoms with Crippen LogP contribution < -0.4 is 5.32 Å². The summed E-state index contributed by atoms with van der Waals surface area (Å²) in [5, 5.41) is 12.0. The van der Waals surface area contributed by atoms with Crippen LogP contribution in [0.5, 0.6) is 0 Å². The molecule has 0 aliphatic carbocycles. The Bertz CT molecular complexity index is 590. The summed E-state index contributed by atoms with van der Waals surface area (Å²) >= 11 is 0. The van der Waals surface area contributed by atoms with E-state index in [0.717, 1.165) is 36.6 Å². The van der Waals surface area contributed by atoms with E-state index in [1.54, 1.807) is 0 Å². The van der Waals surface area contributed by atoms with Gasteiger partial charge in [0.1, 0.15) is 17.5 Å². The molecule has 0 bridgehead atoms. The van der Waals surface area contributed by atoms with E-state index < -0.39 is 0 Å². The first-order valence-corrected chi connectivity index (χ1v) is 7.08. The molecule has 3 rings (SSSR count). The summed E-state index contributed by atoms with van der Waals surface area (Å²) in [6.45, 7) is 5.18. The predicted molar refractivity (Wildman–Crippen MR) is 74.7 cm³/mol. The van der Waals surface area contributed by atoms with E-state index in [-0.39, 0.29) is 17.9 Å². The maximum Gasteiger partial charge on any atom is 0.149 e. The van der Waals surface area contributed by atoms with Gasteiger partial charge in [0.05, 0.1) is 6.04 Å². The minimum absolute atomic E-state index is 0.120. The van der Waals surface area contributed by atoms with Gasteiger partial charge in [-0.25, -0.2) is 4.39 Å². The highest BCUT2D eigenvalue weighted by molar-refractivity contribution is 5.19. The van der Waals surface area contributed by atoms with E-state index in [1.165, 1.54) is 12.1 Å². The van der Waals surface area contributed by atoms with Gasteiger partial charge in [-0.05, 0) is 38.0 Å². The molecule has 1 aromatic carbocycles. The number of fused-ring (bicyclic) bond motifs is 1. The summed E-state index contributed by atoms with van der Waals surface area (Å²) in [7, 11) is 0. The van der Waals surface area contributed by atoms with Gasteiger partial charge in [-0.1, -0.05) is 12.1 Å². The van der Waals surface area contributed by atoms with Gasteiger partial charge in [-0.2, -0.15) is 0 Å². The lowest BCUT2D eigenvalue weighted by atomic mass is 10.1. The highest BCUT2D eigenvalue weighted by Crippen LogP contribution is 2.22. The third-order valence-corrected chi connectivity index (χ3v) is 3.90. The Morgan fingerprint density at radius 2 is 1.90 bits per heavy atom. The molecule has 1 aromatic heterocycles. The smallest absolute Gasteiger partial charge is 0.149 e. The van der Waals surface area contributed by atoms with E-state index >= 15 is 0 Å². The van der Waals surface area contributed by atoms with Crippen molar-refractivity contribution in [3.63, 3.8) is 0 Å². The lowest BCUT2D eigenvalue weighted by Crippen LogP contribution is -2.25. The Labute approximate surface area is 118 Å². The van der Waals surface area contributed by atoms with Crippen molar-refractivity contribution in [3.8, 4) is 0 Å². The molecular weight excluding hydrogens is 255 g/mol. The Morgan fingerprint density at radius 1 is 1.15 bits per heavy atom. The lowest BCUT2D eigenvalue weighted by molar-refractivity contribution is 0.459. The van der Waals surface area contributed by atoms with Crippen LogP contribution in [0.1, 0.15) is 49.6 Å². The number of halogens is 1. The topological polar surface area (TPSA) is 42.7 Å². The molecule has 0 fully saturated rings. The van der Waals surface area contributed by atoms with E-state index in [2.05, 4.69) is 33.9 Å². The average molecular weight is 274 g/mol. The summed E-state index contributed by atoms with van der Waals surface area (Å²) in [5.41, 5.74) is 1.07. The second-order valence-electron chi connectivity index (χ2n) is 5.39. The first-order valence-electron chi connectivity index (χ1n) is 7.08. The molecule has 4 nitrogen and oxygen atoms in total. The fourth-order valence-corrected chi connectivity index (χ4v) is 2.79. The molecule has 2 unspecified atom stereocenters. The molecule has 0 saturated carbocycles. The zero-order chi connectivity index (χ0) is 14.1. The monoisotopic (exact) mass is 274 g/mol. The van der Waals surface area contributed by atoms with E-state index in [4.69, 9.17) is 0 Å². The van der Waals surface area contributed by atoms with E-state index in [1.807, 2.05) is 12.1 Å². The van der Waals surface area contributed by atoms with Gasteiger partial charge in [-0.3, -0.25) is 0 Å². The predicted octanol–water partition coefficient (Wildman–Crippen LogP) is 2.78. The number of aromatic nitrogens is 3. The maximum absolute atomic E-state index is 12.9. The van der Waals surface area contributed by atoms with Crippen LogP contribution in [0.15, 0.2) is 24.3 Å². The van der Waals surface area contributed by atoms with Crippen molar-refractivity contribution >= 4 is 0 Å². The first kappa shape index (κ1) is 13.2. The van der Waals surface area contributed by atoms with Crippen LogP contribution in [-0.4, -0.2) is 14.8 Å². The lowest BCUT2D eigenvalue weighted by Gasteiger charge is -2.20. The van der Waals surface area contributed by atoms with Crippen LogP contribution in [0.3, 0.4) is 0 Å². The second-order valence-corrected chi connectivity index (χ2v) is 5.39. The van der Waals surface area contributed by atoms with Crippen LogP contribution in [-0.2, 0) is 13.0 Å². The van der Waals surface area contributed by atoms with Crippen LogP contribution in [0, 0.1) is 5.82 Å². The van der Waals surface area contributed by atoms with Crippen molar-refractivity contribution in [3.05, 3.63) is 47.3 Å². The van der Waals surface area contributed by atoms with Crippen LogP contribution in [0.4, 0.5) is 4.39 Å². The number of nitrogens with zero attached hydrogens (tertiary/aromatic N) is 3. The molecular formula is C15H19FN4. The molecule has 0 radical (unpaired) electrons. The van der Waals surface area contributed by atoms with Crippen LogP contribution in [0.2, 0.25) is 0 Å². The number of rotatable bonds is 4. The SMILES string of the molecule is CC(NC(C)c1nnc2n1CCC2)c1ccc(F)cc1. The molecule has 1 aliphatic rings. The minimum Gasteiger partial charge on any atom is -0.314 e. The standard InChI is InChI=1S/C15H19FN4/c1-10(12-5-7-13(16)8-6-12)17-11(2)15-19-18-14-4-3-9-20(14)15/h5-8,10-11,17H,3-4,9H2,1-2H3. The Kier molecular flexibility index (Phi) is 3.53. The number of hydrogen-bond donors (Lipinski definition) is 1. The molecule has 0 amide bonds. The summed E-state index contributed by atoms with van der Waals surface area (Å²) in [5.74, 6) is 1.87. The van der Waals surface area contributed by atoms with Gasteiger partial charge in [0.25, 0.3) is 0 Å². The molecule has 1 N–H and O–H groups in total. The van der Waals surface area contributed by atoms with Crippen LogP contribution >= 0.6 is 0 Å². The zero-order valence-electron chi connectivity index (χ0n) is 11.8. The normalized spacial score (nSPS) is 16.9. The molecule has 2 aromatic rings. The fraction of sp³-hybridized carbons (Fsp3) is 0.467. The third kappa shape index (κ3) is 2.45. The van der Waals surface area contributed by atoms with Crippen molar-refractivity contribution in [2.45, 2.75) is 45.3 Å². The largest absolute Gasteiger partial charge is 0.314 e. The molecule has 20 heavy (non-hydrogen) atoms. The molecule has 0 saturated heterocycles. The highest BCUT2D eigenvalue weighted by atomic mass is 19.1. The van der Waals surface area contributed by atoms with Gasteiger partial charge >= 0.3 is 0 Å². The summed E-state index contributed by atoms with van der Waals surface area (Å²) < 4.78 is 15.1. The number of benzene rings is 1. The summed E-state index contributed by atoms with van der Waals surface area (Å²) in [6, 6.07) is 6.87. The zero-order valence-corrected chi connectivity index (χ0v) is 11.8. The number of nitrogens with one attached hydrogen (secondary N) is 1. The van der Waals surface area contributed by atoms with Crippen molar-refractivity contribution in [2.75, 3.05) is 0 Å². The van der Waals surface area contributed by atoms with Crippen molar-refractivity contribution < 1.29 is 4.39 Å². The van der Waals surface area contributed by atoms with E-state index in [0.29, 0.717) is 0 Å². The summed E-state index contributed by atoms with van der Waals surface area (Å²) in [6.07, 6.45) is 2.17. The van der Waals surface area contributed by atoms with Gasteiger partial charge in [0, 0.05) is 19.0 Å². The first-order chi connectivity index (χ1) is 9.65. The van der Waals surface area contributed by atoms with Gasteiger partial charge < -0.3 is 9.88 Å². The summed E-state index contributed by atoms with van der Waals surface area (Å²) in [4.78, 5) is 0. The highest BCUT2D eigenvalue weighted by Gasteiger charge is 2.22.